The van der Waals surface area contributed by atoms with Gasteiger partial charge in [-0.3, -0.25) is 14.4 Å². The highest BCUT2D eigenvalue weighted by atomic mass is 32.2. The highest BCUT2D eigenvalue weighted by Gasteiger charge is 2.35. The molecule has 3 rings (SSSR count). The number of hydrogen-bond donors (Lipinski definition) is 2. The first-order chi connectivity index (χ1) is 14.6. The number of benzene rings is 1. The van der Waals surface area contributed by atoms with Crippen molar-refractivity contribution in [2.24, 2.45) is 11.8 Å². The largest absolute Gasteiger partial charge is 0.332 e. The summed E-state index contributed by atoms with van der Waals surface area (Å²) in [5.41, 5.74) is 0. The Morgan fingerprint density at radius 1 is 1.29 bits per heavy atom. The summed E-state index contributed by atoms with van der Waals surface area (Å²) in [6.45, 7) is 3.43. The van der Waals surface area contributed by atoms with Gasteiger partial charge in [-0.1, -0.05) is 13.8 Å². The molecule has 1 aliphatic heterocycles. The Hall–Kier alpha value is -2.92. The average molecular weight is 450 g/mol. The fourth-order valence-electron chi connectivity index (χ4n) is 3.37. The highest BCUT2D eigenvalue weighted by Crippen LogP contribution is 2.20. The zero-order valence-electron chi connectivity index (χ0n) is 17.0. The number of imidazole rings is 1. The molecule has 1 aliphatic rings. The van der Waals surface area contributed by atoms with E-state index in [9.17, 15) is 27.2 Å². The van der Waals surface area contributed by atoms with Crippen molar-refractivity contribution in [1.82, 2.24) is 19.6 Å². The van der Waals surface area contributed by atoms with Crippen LogP contribution < -0.4 is 10.0 Å². The van der Waals surface area contributed by atoms with Crippen LogP contribution in [0.25, 0.3) is 0 Å². The lowest BCUT2D eigenvalue weighted by Crippen LogP contribution is -2.47. The smallest absolute Gasteiger partial charge is 0.289 e. The molecule has 1 aromatic heterocycles. The van der Waals surface area contributed by atoms with Gasteiger partial charge in [0.2, 0.25) is 15.8 Å². The Balaban J connectivity index is 1.80. The number of Topliss-reactive ketones (excluding diaryl/α,β-unsaturated/α-hetero) is 2. The number of nitrogens with zero attached hydrogens (tertiary/aromatic N) is 2. The lowest BCUT2D eigenvalue weighted by Gasteiger charge is -2.24. The van der Waals surface area contributed by atoms with E-state index in [1.54, 1.807) is 24.6 Å². The molecule has 0 radical (unpaired) electrons. The third kappa shape index (κ3) is 5.23. The SMILES string of the molecule is CC(C)C(NS(=O)(=O)c1ccc(F)cc1)C(=O)CC1Cc2nccn2CNC(=O)C1=O. The lowest BCUT2D eigenvalue weighted by atomic mass is 9.88. The number of hydrogen-bond acceptors (Lipinski definition) is 6. The first kappa shape index (κ1) is 22.8. The number of fused-ring (bicyclic) bond motifs is 1. The standard InChI is InChI=1S/C20H23FN4O5S/c1-12(2)18(24-31(29,30)15-5-3-14(21)4-6-15)16(26)9-13-10-17-22-7-8-25(17)11-23-20(28)19(13)27/h3-8,12-13,18,24H,9-11H2,1-2H3,(H,23,28). The molecule has 0 spiro atoms. The van der Waals surface area contributed by atoms with Gasteiger partial charge in [0.25, 0.3) is 5.91 Å². The quantitative estimate of drug-likeness (QED) is 0.601. The van der Waals surface area contributed by atoms with Crippen molar-refractivity contribution in [3.8, 4) is 0 Å². The highest BCUT2D eigenvalue weighted by molar-refractivity contribution is 7.89. The molecular formula is C20H23FN4O5S. The van der Waals surface area contributed by atoms with Gasteiger partial charge < -0.3 is 9.88 Å². The van der Waals surface area contributed by atoms with E-state index in [2.05, 4.69) is 15.0 Å². The molecule has 11 heteroatoms. The van der Waals surface area contributed by atoms with E-state index >= 15 is 0 Å². The van der Waals surface area contributed by atoms with E-state index < -0.39 is 51.2 Å². The van der Waals surface area contributed by atoms with Crippen LogP contribution in [0.15, 0.2) is 41.6 Å². The maximum Gasteiger partial charge on any atom is 0.289 e. The van der Waals surface area contributed by atoms with E-state index in [4.69, 9.17) is 0 Å². The van der Waals surface area contributed by atoms with Crippen molar-refractivity contribution in [3.63, 3.8) is 0 Å². The number of halogens is 1. The van der Waals surface area contributed by atoms with Gasteiger partial charge in [-0.15, -0.1) is 0 Å². The van der Waals surface area contributed by atoms with Crippen LogP contribution >= 0.6 is 0 Å². The van der Waals surface area contributed by atoms with E-state index in [0.717, 1.165) is 24.3 Å². The summed E-state index contributed by atoms with van der Waals surface area (Å²) in [5, 5.41) is 2.48. The van der Waals surface area contributed by atoms with E-state index in [0.29, 0.717) is 5.82 Å². The fraction of sp³-hybridized carbons (Fsp3) is 0.400. The fourth-order valence-corrected chi connectivity index (χ4v) is 4.74. The minimum absolute atomic E-state index is 0.0838. The van der Waals surface area contributed by atoms with E-state index in [1.807, 2.05) is 0 Å². The molecule has 0 aliphatic carbocycles. The molecular weight excluding hydrogens is 427 g/mol. The number of ketones is 2. The summed E-state index contributed by atoms with van der Waals surface area (Å²) in [5.74, 6) is -3.51. The van der Waals surface area contributed by atoms with Gasteiger partial charge in [-0.25, -0.2) is 22.5 Å². The second-order valence-corrected chi connectivity index (χ2v) is 9.42. The topological polar surface area (TPSA) is 127 Å². The second-order valence-electron chi connectivity index (χ2n) is 7.71. The van der Waals surface area contributed by atoms with Gasteiger partial charge in [0, 0.05) is 31.2 Å². The summed E-state index contributed by atoms with van der Waals surface area (Å²) < 4.78 is 42.5. The third-order valence-electron chi connectivity index (χ3n) is 5.10. The minimum Gasteiger partial charge on any atom is -0.332 e. The van der Waals surface area contributed by atoms with E-state index in [1.165, 1.54) is 6.20 Å². The van der Waals surface area contributed by atoms with Gasteiger partial charge in [0.1, 0.15) is 11.6 Å². The molecule has 2 aromatic rings. The number of aromatic nitrogens is 2. The number of carbonyl (C=O) groups excluding carboxylic acids is 3. The van der Waals surface area contributed by atoms with Gasteiger partial charge >= 0.3 is 0 Å². The van der Waals surface area contributed by atoms with Crippen LogP contribution in [0, 0.1) is 17.7 Å². The number of nitrogens with one attached hydrogen (secondary N) is 2. The van der Waals surface area contributed by atoms with Crippen LogP contribution in [0.2, 0.25) is 0 Å². The normalized spacial score (nSPS) is 18.1. The molecule has 2 unspecified atom stereocenters. The Morgan fingerprint density at radius 3 is 2.61 bits per heavy atom. The molecule has 2 N–H and O–H groups in total. The molecule has 0 saturated heterocycles. The van der Waals surface area contributed by atoms with Gasteiger partial charge in [0.15, 0.2) is 5.78 Å². The van der Waals surface area contributed by atoms with Crippen LogP contribution in [0.1, 0.15) is 26.1 Å². The molecule has 0 saturated carbocycles. The van der Waals surface area contributed by atoms with Crippen LogP contribution in [-0.4, -0.2) is 41.5 Å². The van der Waals surface area contributed by atoms with Crippen LogP contribution in [0.5, 0.6) is 0 Å². The van der Waals surface area contributed by atoms with Crippen molar-refractivity contribution in [2.45, 2.75) is 44.3 Å². The molecule has 0 bridgehead atoms. The van der Waals surface area contributed by atoms with Crippen LogP contribution in [0.4, 0.5) is 4.39 Å². The number of carbonyl (C=O) groups is 3. The van der Waals surface area contributed by atoms with Gasteiger partial charge in [-0.05, 0) is 30.2 Å². The minimum atomic E-state index is -4.10. The summed E-state index contributed by atoms with van der Waals surface area (Å²) >= 11 is 0. The first-order valence-electron chi connectivity index (χ1n) is 9.71. The zero-order valence-corrected chi connectivity index (χ0v) is 17.9. The lowest BCUT2D eigenvalue weighted by molar-refractivity contribution is -0.142. The average Bonchev–Trinajstić information content (AvgIpc) is 3.15. The zero-order chi connectivity index (χ0) is 22.8. The second kappa shape index (κ2) is 9.06. The summed E-state index contributed by atoms with van der Waals surface area (Å²) in [4.78, 5) is 41.6. The summed E-state index contributed by atoms with van der Waals surface area (Å²) in [6.07, 6.45) is 2.94. The molecule has 2 atom stereocenters. The van der Waals surface area contributed by atoms with Gasteiger partial charge in [0.05, 0.1) is 17.6 Å². The molecule has 0 fully saturated rings. The van der Waals surface area contributed by atoms with Crippen molar-refractivity contribution in [3.05, 3.63) is 48.3 Å². The predicted molar refractivity (Wildman–Crippen MR) is 108 cm³/mol. The van der Waals surface area contributed by atoms with Crippen molar-refractivity contribution in [2.75, 3.05) is 0 Å². The van der Waals surface area contributed by atoms with Crippen LogP contribution in [-0.2, 0) is 37.5 Å². The molecule has 2 heterocycles. The number of sulfonamides is 1. The Kier molecular flexibility index (Phi) is 6.65. The third-order valence-corrected chi connectivity index (χ3v) is 6.56. The molecule has 9 nitrogen and oxygen atoms in total. The maximum atomic E-state index is 13.1. The first-order valence-corrected chi connectivity index (χ1v) is 11.2. The predicted octanol–water partition coefficient (Wildman–Crippen LogP) is 0.800. The Labute approximate surface area is 179 Å². The molecule has 1 amide bonds. The van der Waals surface area contributed by atoms with Gasteiger partial charge in [-0.2, -0.15) is 0 Å². The monoisotopic (exact) mass is 450 g/mol. The van der Waals surface area contributed by atoms with Crippen molar-refractivity contribution in [1.29, 1.82) is 0 Å². The Morgan fingerprint density at radius 2 is 1.97 bits per heavy atom. The molecule has 1 aromatic carbocycles. The van der Waals surface area contributed by atoms with Crippen LogP contribution in [0.3, 0.4) is 0 Å². The Bertz CT molecular complexity index is 1100. The van der Waals surface area contributed by atoms with E-state index in [-0.39, 0.29) is 24.4 Å². The van der Waals surface area contributed by atoms with Crippen molar-refractivity contribution < 1.29 is 27.2 Å². The molecule has 166 valence electrons. The number of amides is 1. The number of rotatable bonds is 7. The summed E-state index contributed by atoms with van der Waals surface area (Å²) in [7, 11) is -4.10. The maximum absolute atomic E-state index is 13.1. The summed E-state index contributed by atoms with van der Waals surface area (Å²) in [6, 6.07) is 3.09. The van der Waals surface area contributed by atoms with Crippen molar-refractivity contribution >= 4 is 27.5 Å². The molecule has 31 heavy (non-hydrogen) atoms.